The van der Waals surface area contributed by atoms with Crippen molar-refractivity contribution in [3.8, 4) is 17.1 Å². The van der Waals surface area contributed by atoms with E-state index in [2.05, 4.69) is 15.5 Å². The molecule has 33 heavy (non-hydrogen) atoms. The van der Waals surface area contributed by atoms with Crippen LogP contribution in [-0.4, -0.2) is 31.3 Å². The van der Waals surface area contributed by atoms with Gasteiger partial charge < -0.3 is 5.32 Å². The molecule has 0 saturated carbocycles. The summed E-state index contributed by atoms with van der Waals surface area (Å²) in [5.41, 5.74) is 1.68. The van der Waals surface area contributed by atoms with Crippen molar-refractivity contribution in [2.75, 3.05) is 11.1 Å². The molecule has 4 aromatic rings. The van der Waals surface area contributed by atoms with Gasteiger partial charge in [0.2, 0.25) is 5.91 Å². The summed E-state index contributed by atoms with van der Waals surface area (Å²) in [7, 11) is 0. The van der Waals surface area contributed by atoms with Crippen LogP contribution in [0.25, 0.3) is 17.1 Å². The van der Waals surface area contributed by atoms with Crippen LogP contribution in [0.1, 0.15) is 5.56 Å². The Kier molecular flexibility index (Phi) is 6.45. The molecule has 0 bridgehead atoms. The van der Waals surface area contributed by atoms with Gasteiger partial charge >= 0.3 is 0 Å². The minimum absolute atomic E-state index is 0.0234. The number of nitrogens with zero attached hydrogens (tertiary/aromatic N) is 4. The number of benzene rings is 3. The maximum absolute atomic E-state index is 14.5. The SMILES string of the molecule is Cc1c(NC(=O)CSc2nnc(-c3ccccc3F)n2-c2ccccc2)cccc1[N+](=O)[O-]. The molecule has 1 heterocycles. The summed E-state index contributed by atoms with van der Waals surface area (Å²) in [6.45, 7) is 1.58. The van der Waals surface area contributed by atoms with E-state index in [9.17, 15) is 19.3 Å². The molecule has 0 aliphatic rings. The topological polar surface area (TPSA) is 103 Å². The van der Waals surface area contributed by atoms with Gasteiger partial charge in [0.15, 0.2) is 11.0 Å². The smallest absolute Gasteiger partial charge is 0.274 e. The monoisotopic (exact) mass is 463 g/mol. The summed E-state index contributed by atoms with van der Waals surface area (Å²) < 4.78 is 16.2. The molecule has 1 aromatic heterocycles. The van der Waals surface area contributed by atoms with Crippen molar-refractivity contribution in [1.82, 2.24) is 14.8 Å². The van der Waals surface area contributed by atoms with Gasteiger partial charge in [-0.25, -0.2) is 4.39 Å². The second kappa shape index (κ2) is 9.61. The van der Waals surface area contributed by atoms with Crippen molar-refractivity contribution in [2.45, 2.75) is 12.1 Å². The molecule has 0 spiro atoms. The van der Waals surface area contributed by atoms with E-state index in [1.807, 2.05) is 30.3 Å². The molecule has 3 aromatic carbocycles. The van der Waals surface area contributed by atoms with Crippen molar-refractivity contribution in [2.24, 2.45) is 0 Å². The Morgan fingerprint density at radius 3 is 2.52 bits per heavy atom. The van der Waals surface area contributed by atoms with Gasteiger partial charge in [0.1, 0.15) is 5.82 Å². The Morgan fingerprint density at radius 2 is 1.79 bits per heavy atom. The van der Waals surface area contributed by atoms with E-state index >= 15 is 0 Å². The van der Waals surface area contributed by atoms with Crippen LogP contribution >= 0.6 is 11.8 Å². The van der Waals surface area contributed by atoms with Gasteiger partial charge in [0.05, 0.1) is 27.5 Å². The number of halogens is 1. The highest BCUT2D eigenvalue weighted by Crippen LogP contribution is 2.30. The van der Waals surface area contributed by atoms with Crippen LogP contribution in [0.5, 0.6) is 0 Å². The number of anilines is 1. The number of hydrogen-bond acceptors (Lipinski definition) is 6. The van der Waals surface area contributed by atoms with E-state index in [0.717, 1.165) is 17.4 Å². The summed E-state index contributed by atoms with van der Waals surface area (Å²) in [5, 5.41) is 22.6. The number of rotatable bonds is 7. The minimum atomic E-state index is -0.494. The van der Waals surface area contributed by atoms with E-state index in [1.54, 1.807) is 35.8 Å². The number of hydrogen-bond donors (Lipinski definition) is 1. The molecule has 0 aliphatic carbocycles. The molecule has 8 nitrogen and oxygen atoms in total. The molecule has 4 rings (SSSR count). The summed E-state index contributed by atoms with van der Waals surface area (Å²) in [5.74, 6) is -0.502. The van der Waals surface area contributed by atoms with Gasteiger partial charge in [0, 0.05) is 11.8 Å². The quantitative estimate of drug-likeness (QED) is 0.234. The zero-order valence-corrected chi connectivity index (χ0v) is 18.3. The highest BCUT2D eigenvalue weighted by Gasteiger charge is 2.20. The van der Waals surface area contributed by atoms with Gasteiger partial charge in [-0.3, -0.25) is 19.5 Å². The van der Waals surface area contributed by atoms with Crippen molar-refractivity contribution >= 4 is 29.0 Å². The Bertz CT molecular complexity index is 1330. The maximum Gasteiger partial charge on any atom is 0.274 e. The third kappa shape index (κ3) is 4.75. The van der Waals surface area contributed by atoms with E-state index in [1.165, 1.54) is 18.2 Å². The van der Waals surface area contributed by atoms with Crippen molar-refractivity contribution in [3.05, 3.63) is 94.3 Å². The van der Waals surface area contributed by atoms with Crippen LogP contribution in [0.3, 0.4) is 0 Å². The Morgan fingerprint density at radius 1 is 1.06 bits per heavy atom. The largest absolute Gasteiger partial charge is 0.325 e. The minimum Gasteiger partial charge on any atom is -0.325 e. The Labute approximate surface area is 192 Å². The molecular formula is C23H18FN5O3S. The molecule has 0 saturated heterocycles. The van der Waals surface area contributed by atoms with Crippen LogP contribution < -0.4 is 5.32 Å². The maximum atomic E-state index is 14.5. The summed E-state index contributed by atoms with van der Waals surface area (Å²) in [4.78, 5) is 23.2. The number of nitro benzene ring substituents is 1. The molecule has 0 atom stereocenters. The number of nitro groups is 1. The third-order valence-electron chi connectivity index (χ3n) is 4.87. The molecule has 0 unspecified atom stereocenters. The molecule has 0 fully saturated rings. The van der Waals surface area contributed by atoms with Crippen molar-refractivity contribution in [3.63, 3.8) is 0 Å². The van der Waals surface area contributed by atoms with E-state index < -0.39 is 10.7 Å². The highest BCUT2D eigenvalue weighted by atomic mass is 32.2. The molecule has 1 amide bonds. The first kappa shape index (κ1) is 22.2. The third-order valence-corrected chi connectivity index (χ3v) is 5.80. The Balaban J connectivity index is 1.59. The number of thioether (sulfide) groups is 1. The normalized spacial score (nSPS) is 10.7. The van der Waals surface area contributed by atoms with Crippen LogP contribution in [0.4, 0.5) is 15.8 Å². The molecule has 0 aliphatic heterocycles. The van der Waals surface area contributed by atoms with Crippen molar-refractivity contribution < 1.29 is 14.1 Å². The first-order valence-electron chi connectivity index (χ1n) is 9.88. The van der Waals surface area contributed by atoms with Gasteiger partial charge in [-0.15, -0.1) is 10.2 Å². The predicted octanol–water partition coefficient (Wildman–Crippen LogP) is 5.02. The molecule has 0 radical (unpaired) electrons. The van der Waals surface area contributed by atoms with Crippen molar-refractivity contribution in [1.29, 1.82) is 0 Å². The zero-order chi connectivity index (χ0) is 23.4. The lowest BCUT2D eigenvalue weighted by Gasteiger charge is -2.11. The zero-order valence-electron chi connectivity index (χ0n) is 17.4. The summed E-state index contributed by atoms with van der Waals surface area (Å²) >= 11 is 1.13. The number of para-hydroxylation sites is 1. The van der Waals surface area contributed by atoms with E-state index in [4.69, 9.17) is 0 Å². The fraction of sp³-hybridized carbons (Fsp3) is 0.0870. The standard InChI is InChI=1S/C23H18FN5O3S/c1-15-19(12-7-13-20(15)29(31)32)25-21(30)14-33-23-27-26-22(17-10-5-6-11-18(17)24)28(23)16-8-3-2-4-9-16/h2-13H,14H2,1H3,(H,25,30). The number of nitrogens with one attached hydrogen (secondary N) is 1. The van der Waals surface area contributed by atoms with Gasteiger partial charge in [-0.05, 0) is 37.3 Å². The highest BCUT2D eigenvalue weighted by molar-refractivity contribution is 7.99. The average molecular weight is 463 g/mol. The van der Waals surface area contributed by atoms with Crippen LogP contribution in [0, 0.1) is 22.9 Å². The summed E-state index contributed by atoms with van der Waals surface area (Å²) in [6.07, 6.45) is 0. The van der Waals surface area contributed by atoms with Gasteiger partial charge in [-0.2, -0.15) is 0 Å². The molecule has 166 valence electrons. The first-order valence-corrected chi connectivity index (χ1v) is 10.9. The van der Waals surface area contributed by atoms with Crippen LogP contribution in [0.2, 0.25) is 0 Å². The predicted molar refractivity (Wildman–Crippen MR) is 124 cm³/mol. The summed E-state index contributed by atoms with van der Waals surface area (Å²) in [6, 6.07) is 20.0. The number of carbonyl (C=O) groups is 1. The number of carbonyl (C=O) groups excluding carboxylic acids is 1. The van der Waals surface area contributed by atoms with E-state index in [0.29, 0.717) is 22.2 Å². The fourth-order valence-electron chi connectivity index (χ4n) is 3.26. The van der Waals surface area contributed by atoms with Crippen LogP contribution in [-0.2, 0) is 4.79 Å². The molecular weight excluding hydrogens is 445 g/mol. The lowest BCUT2D eigenvalue weighted by atomic mass is 10.1. The lowest BCUT2D eigenvalue weighted by Crippen LogP contribution is -2.15. The first-order chi connectivity index (χ1) is 16.0. The number of amides is 1. The fourth-order valence-corrected chi connectivity index (χ4v) is 4.02. The van der Waals surface area contributed by atoms with Gasteiger partial charge in [-0.1, -0.05) is 48.2 Å². The van der Waals surface area contributed by atoms with E-state index in [-0.39, 0.29) is 22.9 Å². The van der Waals surface area contributed by atoms with Gasteiger partial charge in [0.25, 0.3) is 5.69 Å². The van der Waals surface area contributed by atoms with Crippen LogP contribution in [0.15, 0.2) is 78.0 Å². The number of aromatic nitrogens is 3. The average Bonchev–Trinajstić information content (AvgIpc) is 3.23. The molecule has 1 N–H and O–H groups in total. The lowest BCUT2D eigenvalue weighted by molar-refractivity contribution is -0.385. The second-order valence-electron chi connectivity index (χ2n) is 7.00. The Hall–Kier alpha value is -4.05. The molecule has 10 heteroatoms. The second-order valence-corrected chi connectivity index (χ2v) is 7.94.